The third-order valence-corrected chi connectivity index (χ3v) is 5.89. The summed E-state index contributed by atoms with van der Waals surface area (Å²) in [6, 6.07) is 10.5. The first-order valence-electron chi connectivity index (χ1n) is 9.50. The number of carboxylic acids is 1. The zero-order chi connectivity index (χ0) is 21.4. The Labute approximate surface area is 172 Å². The Bertz CT molecular complexity index is 966. The maximum absolute atomic E-state index is 12.1. The number of methoxy groups -OCH3 is 1. The van der Waals surface area contributed by atoms with Crippen LogP contribution >= 0.6 is 0 Å². The van der Waals surface area contributed by atoms with Crippen LogP contribution in [0.15, 0.2) is 42.5 Å². The molecule has 2 aromatic rings. The first kappa shape index (κ1) is 20.1. The smallest absolute Gasteiger partial charge is 0.307 e. The maximum atomic E-state index is 12.1. The van der Waals surface area contributed by atoms with Gasteiger partial charge in [0.2, 0.25) is 0 Å². The molecule has 2 aliphatic heterocycles. The minimum atomic E-state index is -0.903. The minimum Gasteiger partial charge on any atom is -0.504 e. The molecular formula is C20H22N4O6. The third kappa shape index (κ3) is 3.56. The monoisotopic (exact) mass is 414 g/mol. The largest absolute Gasteiger partial charge is 0.504 e. The van der Waals surface area contributed by atoms with Crippen molar-refractivity contribution in [1.82, 2.24) is 16.2 Å². The number of rotatable bonds is 5. The van der Waals surface area contributed by atoms with Gasteiger partial charge in [-0.25, -0.2) is 10.9 Å². The Balaban J connectivity index is 1.60. The number of nitrogens with one attached hydrogen (secondary N) is 3. The summed E-state index contributed by atoms with van der Waals surface area (Å²) in [6.45, 7) is 0. The molecule has 5 N–H and O–H groups in total. The summed E-state index contributed by atoms with van der Waals surface area (Å²) < 4.78 is 5.17. The molecule has 10 nitrogen and oxygen atoms in total. The van der Waals surface area contributed by atoms with E-state index in [0.717, 1.165) is 11.1 Å². The average Bonchev–Trinajstić information content (AvgIpc) is 3.17. The number of aliphatic carboxylic acids is 1. The van der Waals surface area contributed by atoms with Gasteiger partial charge in [-0.2, -0.15) is 0 Å². The number of hydrazine groups is 1. The van der Waals surface area contributed by atoms with Crippen LogP contribution in [0, 0.1) is 22.0 Å². The summed E-state index contributed by atoms with van der Waals surface area (Å²) in [7, 11) is 1.46. The zero-order valence-corrected chi connectivity index (χ0v) is 16.1. The number of fused-ring (bicyclic) bond motifs is 1. The number of nitro groups is 1. The molecule has 0 radical (unpaired) electrons. The molecule has 2 heterocycles. The second-order valence-electron chi connectivity index (χ2n) is 7.50. The van der Waals surface area contributed by atoms with E-state index < -0.39 is 16.8 Å². The molecule has 4 rings (SSSR count). The Morgan fingerprint density at radius 3 is 2.50 bits per heavy atom. The van der Waals surface area contributed by atoms with Crippen molar-refractivity contribution in [2.24, 2.45) is 11.8 Å². The fourth-order valence-corrected chi connectivity index (χ4v) is 4.40. The third-order valence-electron chi connectivity index (χ3n) is 5.89. The van der Waals surface area contributed by atoms with Gasteiger partial charge in [0.25, 0.3) is 5.69 Å². The van der Waals surface area contributed by atoms with Gasteiger partial charge >= 0.3 is 5.97 Å². The van der Waals surface area contributed by atoms with Crippen molar-refractivity contribution in [2.45, 2.75) is 24.7 Å². The maximum Gasteiger partial charge on any atom is 0.307 e. The number of carbonyl (C=O) groups is 1. The van der Waals surface area contributed by atoms with E-state index in [2.05, 4.69) is 16.2 Å². The summed E-state index contributed by atoms with van der Waals surface area (Å²) in [4.78, 5) is 22.6. The number of phenols is 1. The van der Waals surface area contributed by atoms with Crippen LogP contribution < -0.4 is 20.9 Å². The molecule has 30 heavy (non-hydrogen) atoms. The van der Waals surface area contributed by atoms with Crippen molar-refractivity contribution in [3.05, 3.63) is 63.7 Å². The van der Waals surface area contributed by atoms with Crippen molar-refractivity contribution in [3.8, 4) is 11.5 Å². The van der Waals surface area contributed by atoms with Crippen LogP contribution in [0.1, 0.15) is 29.6 Å². The van der Waals surface area contributed by atoms with Gasteiger partial charge in [0, 0.05) is 24.1 Å². The van der Waals surface area contributed by atoms with Crippen molar-refractivity contribution in [1.29, 1.82) is 0 Å². The number of nitro benzene ring substituents is 1. The molecule has 5 atom stereocenters. The SMILES string of the molecule is COc1cc(C2CC(C(=O)O)C3C(NNC3c3ccc([N+](=O)[O-])cc3)N2)ccc1O. The summed E-state index contributed by atoms with van der Waals surface area (Å²) in [5.74, 6) is -1.53. The highest BCUT2D eigenvalue weighted by molar-refractivity contribution is 5.71. The number of benzene rings is 2. The zero-order valence-electron chi connectivity index (χ0n) is 16.1. The number of aromatic hydroxyl groups is 1. The van der Waals surface area contributed by atoms with Gasteiger partial charge in [-0.3, -0.25) is 20.2 Å². The van der Waals surface area contributed by atoms with Crippen LogP contribution in [0.3, 0.4) is 0 Å². The molecule has 10 heteroatoms. The molecule has 2 fully saturated rings. The lowest BCUT2D eigenvalue weighted by Gasteiger charge is -2.39. The highest BCUT2D eigenvalue weighted by atomic mass is 16.6. The molecule has 5 unspecified atom stereocenters. The highest BCUT2D eigenvalue weighted by Crippen LogP contribution is 2.43. The second kappa shape index (κ2) is 7.90. The Morgan fingerprint density at radius 1 is 1.17 bits per heavy atom. The number of hydrogen-bond acceptors (Lipinski definition) is 8. The molecule has 158 valence electrons. The molecular weight excluding hydrogens is 392 g/mol. The van der Waals surface area contributed by atoms with Gasteiger partial charge in [0.05, 0.1) is 30.2 Å². The van der Waals surface area contributed by atoms with Crippen LogP contribution in [-0.2, 0) is 4.79 Å². The number of non-ortho nitro benzene ring substituents is 1. The van der Waals surface area contributed by atoms with Gasteiger partial charge in [0.1, 0.15) is 0 Å². The van der Waals surface area contributed by atoms with E-state index in [1.54, 1.807) is 24.3 Å². The molecule has 0 amide bonds. The number of phenolic OH excluding ortho intramolecular Hbond substituents is 1. The number of piperidine rings is 1. The van der Waals surface area contributed by atoms with Crippen LogP contribution in [0.5, 0.6) is 11.5 Å². The first-order valence-corrected chi connectivity index (χ1v) is 9.50. The number of nitrogens with zero attached hydrogens (tertiary/aromatic N) is 1. The van der Waals surface area contributed by atoms with Crippen molar-refractivity contribution in [2.75, 3.05) is 7.11 Å². The number of ether oxygens (including phenoxy) is 1. The summed E-state index contributed by atoms with van der Waals surface area (Å²) in [5.41, 5.74) is 7.85. The molecule has 0 saturated carbocycles. The Hall–Kier alpha value is -3.21. The standard InChI is InChI=1S/C20H22N4O6/c1-30-16-8-11(4-7-15(16)25)14-9-13(20(26)27)17-18(22-23-19(17)21-14)10-2-5-12(6-3-10)24(28)29/h2-8,13-14,17-19,21-23,25H,9H2,1H3,(H,26,27). The van der Waals surface area contributed by atoms with Gasteiger partial charge in [-0.05, 0) is 29.7 Å². The average molecular weight is 414 g/mol. The van der Waals surface area contributed by atoms with E-state index in [9.17, 15) is 25.1 Å². The van der Waals surface area contributed by atoms with Crippen LogP contribution in [0.25, 0.3) is 0 Å². The Morgan fingerprint density at radius 2 is 1.87 bits per heavy atom. The molecule has 0 spiro atoms. The van der Waals surface area contributed by atoms with E-state index in [0.29, 0.717) is 12.2 Å². The number of hydrogen-bond donors (Lipinski definition) is 5. The van der Waals surface area contributed by atoms with Gasteiger partial charge in [-0.1, -0.05) is 18.2 Å². The van der Waals surface area contributed by atoms with E-state index in [4.69, 9.17) is 4.74 Å². The fraction of sp³-hybridized carbons (Fsp3) is 0.350. The van der Waals surface area contributed by atoms with E-state index in [1.807, 2.05) is 0 Å². The van der Waals surface area contributed by atoms with Crippen LogP contribution in [0.4, 0.5) is 5.69 Å². The summed E-state index contributed by atoms with van der Waals surface area (Å²) in [5, 5.41) is 34.1. The van der Waals surface area contributed by atoms with Gasteiger partial charge < -0.3 is 14.9 Å². The van der Waals surface area contributed by atoms with E-state index >= 15 is 0 Å². The lowest BCUT2D eigenvalue weighted by Crippen LogP contribution is -2.53. The molecule has 2 saturated heterocycles. The topological polar surface area (TPSA) is 146 Å². The lowest BCUT2D eigenvalue weighted by molar-refractivity contribution is -0.384. The summed E-state index contributed by atoms with van der Waals surface area (Å²) >= 11 is 0. The van der Waals surface area contributed by atoms with Crippen LogP contribution in [0.2, 0.25) is 0 Å². The predicted molar refractivity (Wildman–Crippen MR) is 106 cm³/mol. The van der Waals surface area contributed by atoms with E-state index in [-0.39, 0.29) is 35.6 Å². The van der Waals surface area contributed by atoms with Crippen molar-refractivity contribution >= 4 is 11.7 Å². The normalized spacial score (nSPS) is 28.0. The number of carboxylic acid groups (broad SMARTS) is 1. The fourth-order valence-electron chi connectivity index (χ4n) is 4.40. The second-order valence-corrected chi connectivity index (χ2v) is 7.50. The lowest BCUT2D eigenvalue weighted by atomic mass is 9.75. The Kier molecular flexibility index (Phi) is 5.29. The first-order chi connectivity index (χ1) is 14.4. The van der Waals surface area contributed by atoms with Crippen LogP contribution in [-0.4, -0.2) is 34.4 Å². The molecule has 0 bridgehead atoms. The van der Waals surface area contributed by atoms with Crippen molar-refractivity contribution in [3.63, 3.8) is 0 Å². The highest BCUT2D eigenvalue weighted by Gasteiger charge is 2.49. The quantitative estimate of drug-likeness (QED) is 0.365. The molecule has 0 aromatic heterocycles. The summed E-state index contributed by atoms with van der Waals surface area (Å²) in [6.07, 6.45) is 0.0157. The molecule has 2 aliphatic rings. The minimum absolute atomic E-state index is 0.0147. The molecule has 2 aromatic carbocycles. The van der Waals surface area contributed by atoms with Crippen molar-refractivity contribution < 1.29 is 24.7 Å². The van der Waals surface area contributed by atoms with Gasteiger partial charge in [-0.15, -0.1) is 0 Å². The van der Waals surface area contributed by atoms with E-state index in [1.165, 1.54) is 25.3 Å². The van der Waals surface area contributed by atoms with Gasteiger partial charge in [0.15, 0.2) is 11.5 Å². The molecule has 0 aliphatic carbocycles. The predicted octanol–water partition coefficient (Wildman–Crippen LogP) is 1.84.